The number of likely N-dealkylation sites (tertiary alicyclic amines) is 1. The molecule has 1 amide bonds. The van der Waals surface area contributed by atoms with E-state index in [4.69, 9.17) is 0 Å². The van der Waals surface area contributed by atoms with Crippen molar-refractivity contribution < 1.29 is 4.79 Å². The third kappa shape index (κ3) is 3.77. The van der Waals surface area contributed by atoms with Crippen LogP contribution >= 0.6 is 0 Å². The molecule has 156 valence electrons. The van der Waals surface area contributed by atoms with Crippen molar-refractivity contribution in [2.24, 2.45) is 0 Å². The highest BCUT2D eigenvalue weighted by molar-refractivity contribution is 5.84. The second-order valence-corrected chi connectivity index (χ2v) is 8.99. The number of likely N-dealkylation sites (N-methyl/N-ethyl adjacent to an activating group) is 1. The fourth-order valence-electron chi connectivity index (χ4n) is 5.38. The number of carbonyl (C=O) groups excluding carboxylic acids is 1. The zero-order valence-corrected chi connectivity index (χ0v) is 17.8. The summed E-state index contributed by atoms with van der Waals surface area (Å²) in [6.07, 6.45) is 8.02. The molecule has 0 saturated carbocycles. The number of hydrogen-bond acceptors (Lipinski definition) is 2. The molecule has 30 heavy (non-hydrogen) atoms. The molecule has 0 radical (unpaired) electrons. The van der Waals surface area contributed by atoms with Crippen molar-refractivity contribution in [1.82, 2.24) is 14.8 Å². The maximum Gasteiger partial charge on any atom is 0.222 e. The smallest absolute Gasteiger partial charge is 0.222 e. The van der Waals surface area contributed by atoms with Gasteiger partial charge in [0.2, 0.25) is 5.91 Å². The van der Waals surface area contributed by atoms with E-state index >= 15 is 0 Å². The number of fused-ring (bicyclic) bond motifs is 2. The van der Waals surface area contributed by atoms with E-state index < -0.39 is 0 Å². The molecule has 1 aromatic heterocycles. The minimum absolute atomic E-state index is 0.266. The van der Waals surface area contributed by atoms with E-state index in [2.05, 4.69) is 58.5 Å². The van der Waals surface area contributed by atoms with Crippen molar-refractivity contribution in [3.8, 4) is 0 Å². The monoisotopic (exact) mass is 401 g/mol. The standard InChI is InChI=1S/C26H31N3O/c1-28(26(30)13-12-21-17-27-25-11-5-4-10-24(21)25)22-9-6-14-29(18-22)23-15-19-7-2-3-8-20(19)16-23/h2-5,7-8,10-11,17,22-23,27H,6,9,12-16,18H2,1H3. The predicted molar refractivity (Wildman–Crippen MR) is 122 cm³/mol. The van der Waals surface area contributed by atoms with Crippen LogP contribution in [-0.4, -0.2) is 52.9 Å². The number of H-pyrrole nitrogens is 1. The van der Waals surface area contributed by atoms with Crippen LogP contribution in [0.4, 0.5) is 0 Å². The lowest BCUT2D eigenvalue weighted by Gasteiger charge is -2.40. The van der Waals surface area contributed by atoms with Gasteiger partial charge in [-0.3, -0.25) is 9.69 Å². The lowest BCUT2D eigenvalue weighted by Crippen LogP contribution is -2.51. The molecule has 1 aliphatic heterocycles. The van der Waals surface area contributed by atoms with Gasteiger partial charge in [0.15, 0.2) is 0 Å². The lowest BCUT2D eigenvalue weighted by atomic mass is 10.0. The Kier molecular flexibility index (Phi) is 5.34. The molecule has 1 unspecified atom stereocenters. The number of amides is 1. The van der Waals surface area contributed by atoms with Gasteiger partial charge < -0.3 is 9.88 Å². The van der Waals surface area contributed by atoms with Gasteiger partial charge in [0.25, 0.3) is 0 Å². The van der Waals surface area contributed by atoms with Gasteiger partial charge in [-0.15, -0.1) is 0 Å². The minimum atomic E-state index is 0.266. The van der Waals surface area contributed by atoms with Gasteiger partial charge >= 0.3 is 0 Å². The highest BCUT2D eigenvalue weighted by Crippen LogP contribution is 2.28. The van der Waals surface area contributed by atoms with Crippen molar-refractivity contribution >= 4 is 16.8 Å². The molecule has 2 aliphatic rings. The summed E-state index contributed by atoms with van der Waals surface area (Å²) < 4.78 is 0. The Labute approximate surface area is 178 Å². The molecule has 0 spiro atoms. The molecule has 4 heteroatoms. The van der Waals surface area contributed by atoms with Gasteiger partial charge in [-0.2, -0.15) is 0 Å². The first kappa shape index (κ1) is 19.4. The Hall–Kier alpha value is -2.59. The first-order valence-corrected chi connectivity index (χ1v) is 11.3. The third-order valence-corrected chi connectivity index (χ3v) is 7.20. The van der Waals surface area contributed by atoms with Crippen LogP contribution in [0.3, 0.4) is 0 Å². The molecule has 1 aliphatic carbocycles. The number of aromatic amines is 1. The van der Waals surface area contributed by atoms with Crippen LogP contribution in [0.25, 0.3) is 10.9 Å². The van der Waals surface area contributed by atoms with Crippen LogP contribution in [0, 0.1) is 0 Å². The summed E-state index contributed by atoms with van der Waals surface area (Å²) in [4.78, 5) is 21.0. The van der Waals surface area contributed by atoms with E-state index in [1.807, 2.05) is 18.0 Å². The minimum Gasteiger partial charge on any atom is -0.361 e. The van der Waals surface area contributed by atoms with Gasteiger partial charge in [0.05, 0.1) is 0 Å². The molecule has 0 bridgehead atoms. The van der Waals surface area contributed by atoms with Crippen molar-refractivity contribution in [2.45, 2.75) is 50.6 Å². The second-order valence-electron chi connectivity index (χ2n) is 8.99. The summed E-state index contributed by atoms with van der Waals surface area (Å²) in [5.41, 5.74) is 5.40. The number of nitrogens with one attached hydrogen (secondary N) is 1. The highest BCUT2D eigenvalue weighted by Gasteiger charge is 2.32. The topological polar surface area (TPSA) is 39.3 Å². The summed E-state index contributed by atoms with van der Waals surface area (Å²) in [6, 6.07) is 18.1. The number of rotatable bonds is 5. The Balaban J connectivity index is 1.18. The zero-order chi connectivity index (χ0) is 20.5. The Morgan fingerprint density at radius 2 is 1.83 bits per heavy atom. The highest BCUT2D eigenvalue weighted by atomic mass is 16.2. The number of aryl methyl sites for hydroxylation is 1. The quantitative estimate of drug-likeness (QED) is 0.696. The number of piperidine rings is 1. The second kappa shape index (κ2) is 8.27. The number of nitrogens with zero attached hydrogens (tertiary/aromatic N) is 2. The van der Waals surface area contributed by atoms with E-state index in [9.17, 15) is 4.79 Å². The molecule has 4 nitrogen and oxygen atoms in total. The van der Waals surface area contributed by atoms with Crippen molar-refractivity contribution in [3.05, 3.63) is 71.4 Å². The summed E-state index contributed by atoms with van der Waals surface area (Å²) in [7, 11) is 2.01. The Bertz CT molecular complexity index is 1010. The SMILES string of the molecule is CN(C(=O)CCc1c[nH]c2ccccc12)C1CCCN(C2Cc3ccccc3C2)C1. The van der Waals surface area contributed by atoms with Crippen LogP contribution in [-0.2, 0) is 24.1 Å². The van der Waals surface area contributed by atoms with Crippen LogP contribution in [0.15, 0.2) is 54.7 Å². The molecular weight excluding hydrogens is 370 g/mol. The molecule has 1 N–H and O–H groups in total. The normalized spacial score (nSPS) is 19.8. The third-order valence-electron chi connectivity index (χ3n) is 7.20. The number of benzene rings is 2. The molecule has 1 saturated heterocycles. The van der Waals surface area contributed by atoms with Gasteiger partial charge in [-0.25, -0.2) is 0 Å². The summed E-state index contributed by atoms with van der Waals surface area (Å²) >= 11 is 0. The van der Waals surface area contributed by atoms with Gasteiger partial charge in [0, 0.05) is 49.2 Å². The number of carbonyl (C=O) groups is 1. The average molecular weight is 402 g/mol. The first-order chi connectivity index (χ1) is 14.7. The lowest BCUT2D eigenvalue weighted by molar-refractivity contribution is -0.133. The van der Waals surface area contributed by atoms with E-state index in [0.717, 1.165) is 44.3 Å². The molecule has 2 heterocycles. The van der Waals surface area contributed by atoms with E-state index in [0.29, 0.717) is 18.5 Å². The molecule has 3 aromatic rings. The first-order valence-electron chi connectivity index (χ1n) is 11.3. The predicted octanol–water partition coefficient (Wildman–Crippen LogP) is 4.19. The number of hydrogen-bond donors (Lipinski definition) is 1. The molecule has 5 rings (SSSR count). The Morgan fingerprint density at radius 1 is 1.10 bits per heavy atom. The van der Waals surface area contributed by atoms with Gasteiger partial charge in [0.1, 0.15) is 0 Å². The molecule has 1 atom stereocenters. The van der Waals surface area contributed by atoms with Gasteiger partial charge in [-0.1, -0.05) is 42.5 Å². The van der Waals surface area contributed by atoms with Crippen LogP contribution in [0.2, 0.25) is 0 Å². The van der Waals surface area contributed by atoms with Crippen LogP contribution in [0.5, 0.6) is 0 Å². The summed E-state index contributed by atoms with van der Waals surface area (Å²) in [6.45, 7) is 2.17. The fraction of sp³-hybridized carbons (Fsp3) is 0.423. The molecular formula is C26H31N3O. The number of para-hydroxylation sites is 1. The van der Waals surface area contributed by atoms with Crippen molar-refractivity contribution in [1.29, 1.82) is 0 Å². The van der Waals surface area contributed by atoms with E-state index in [-0.39, 0.29) is 5.91 Å². The molecule has 1 fully saturated rings. The maximum atomic E-state index is 13.0. The fourth-order valence-corrected chi connectivity index (χ4v) is 5.38. The summed E-state index contributed by atoms with van der Waals surface area (Å²) in [5.74, 6) is 0.266. The van der Waals surface area contributed by atoms with E-state index in [1.54, 1.807) is 0 Å². The number of aromatic nitrogens is 1. The Morgan fingerprint density at radius 3 is 2.63 bits per heavy atom. The van der Waals surface area contributed by atoms with Crippen LogP contribution < -0.4 is 0 Å². The van der Waals surface area contributed by atoms with Crippen molar-refractivity contribution in [2.75, 3.05) is 20.1 Å². The maximum absolute atomic E-state index is 13.0. The molecule has 2 aromatic carbocycles. The van der Waals surface area contributed by atoms with Gasteiger partial charge in [-0.05, 0) is 61.4 Å². The van der Waals surface area contributed by atoms with Crippen molar-refractivity contribution in [3.63, 3.8) is 0 Å². The largest absolute Gasteiger partial charge is 0.361 e. The average Bonchev–Trinajstić information content (AvgIpc) is 3.41. The van der Waals surface area contributed by atoms with Crippen LogP contribution in [0.1, 0.15) is 36.0 Å². The van der Waals surface area contributed by atoms with E-state index in [1.165, 1.54) is 28.5 Å². The summed E-state index contributed by atoms with van der Waals surface area (Å²) in [5, 5.41) is 1.23. The zero-order valence-electron chi connectivity index (χ0n) is 17.8.